The minimum absolute atomic E-state index is 0.00443. The highest BCUT2D eigenvalue weighted by Gasteiger charge is 2.36. The third-order valence-corrected chi connectivity index (χ3v) is 5.76. The molecule has 2 aliphatic rings. The molecule has 3 nitrogen and oxygen atoms in total. The molecule has 3 heteroatoms. The van der Waals surface area contributed by atoms with E-state index in [1.807, 2.05) is 30.5 Å². The first-order valence-corrected chi connectivity index (χ1v) is 9.78. The Balaban J connectivity index is 1.68. The van der Waals surface area contributed by atoms with Gasteiger partial charge in [-0.25, -0.2) is 0 Å². The van der Waals surface area contributed by atoms with Gasteiger partial charge in [-0.3, -0.25) is 4.99 Å². The molecule has 2 atom stereocenters. The van der Waals surface area contributed by atoms with Gasteiger partial charge in [0.15, 0.2) is 6.20 Å². The molecule has 2 aromatic carbocycles. The number of aliphatic imine (C=N–C) groups is 1. The van der Waals surface area contributed by atoms with E-state index in [2.05, 4.69) is 60.7 Å². The molecule has 0 N–H and O–H groups in total. The molecule has 0 spiro atoms. The molecule has 0 aliphatic carbocycles. The van der Waals surface area contributed by atoms with E-state index >= 15 is 0 Å². The van der Waals surface area contributed by atoms with E-state index in [0.29, 0.717) is 6.61 Å². The van der Waals surface area contributed by atoms with Crippen molar-refractivity contribution < 1.29 is 9.30 Å². The number of aromatic nitrogens is 1. The molecule has 5 rings (SSSR count). The van der Waals surface area contributed by atoms with E-state index in [0.717, 1.165) is 29.1 Å². The number of benzene rings is 2. The first-order chi connectivity index (χ1) is 13.7. The van der Waals surface area contributed by atoms with Crippen molar-refractivity contribution in [2.75, 3.05) is 6.61 Å². The predicted molar refractivity (Wildman–Crippen MR) is 113 cm³/mol. The molecule has 0 fully saturated rings. The van der Waals surface area contributed by atoms with Crippen LogP contribution in [-0.2, 0) is 0 Å². The number of pyridine rings is 1. The lowest BCUT2D eigenvalue weighted by Crippen LogP contribution is -2.42. The van der Waals surface area contributed by atoms with E-state index < -0.39 is 0 Å². The van der Waals surface area contributed by atoms with Crippen LogP contribution in [0, 0.1) is 6.92 Å². The van der Waals surface area contributed by atoms with Crippen LogP contribution in [0.15, 0.2) is 78.4 Å². The highest BCUT2D eigenvalue weighted by atomic mass is 16.5. The minimum Gasteiger partial charge on any atom is -0.493 e. The summed E-state index contributed by atoms with van der Waals surface area (Å²) in [4.78, 5) is 4.94. The number of fused-ring (bicyclic) bond motifs is 6. The van der Waals surface area contributed by atoms with Gasteiger partial charge in [-0.15, -0.1) is 0 Å². The van der Waals surface area contributed by atoms with Crippen molar-refractivity contribution >= 4 is 11.9 Å². The Hall–Kier alpha value is -3.20. The standard InChI is InChI=1S/C25H23N2O/c1-17-10-11-20-19(15-17)16-26-25-18(2)27-13-6-5-8-23(27)22-7-3-4-9-24(22)28-14-12-21(20)25/h3-11,13,15-16,21,25H,2,12,14H2,1H3/q+1. The fourth-order valence-electron chi connectivity index (χ4n) is 4.37. The van der Waals surface area contributed by atoms with Gasteiger partial charge in [0, 0.05) is 24.3 Å². The molecule has 2 unspecified atom stereocenters. The van der Waals surface area contributed by atoms with Gasteiger partial charge in [0.2, 0.25) is 11.4 Å². The zero-order valence-electron chi connectivity index (χ0n) is 16.0. The van der Waals surface area contributed by atoms with Crippen LogP contribution in [-0.4, -0.2) is 18.9 Å². The Morgan fingerprint density at radius 2 is 1.93 bits per heavy atom. The van der Waals surface area contributed by atoms with E-state index in [9.17, 15) is 0 Å². The summed E-state index contributed by atoms with van der Waals surface area (Å²) in [5.41, 5.74) is 6.96. The maximum Gasteiger partial charge on any atom is 0.221 e. The zero-order valence-corrected chi connectivity index (χ0v) is 16.0. The van der Waals surface area contributed by atoms with Crippen LogP contribution >= 0.6 is 0 Å². The Morgan fingerprint density at radius 1 is 1.07 bits per heavy atom. The van der Waals surface area contributed by atoms with Crippen molar-refractivity contribution in [3.63, 3.8) is 0 Å². The summed E-state index contributed by atoms with van der Waals surface area (Å²) in [5.74, 6) is 1.16. The Kier molecular flexibility index (Phi) is 4.09. The van der Waals surface area contributed by atoms with Crippen molar-refractivity contribution in [1.29, 1.82) is 0 Å². The second-order valence-electron chi connectivity index (χ2n) is 7.54. The molecule has 0 bridgehead atoms. The summed E-state index contributed by atoms with van der Waals surface area (Å²) < 4.78 is 8.42. The quantitative estimate of drug-likeness (QED) is 0.525. The average Bonchev–Trinajstić information content (AvgIpc) is 2.73. The molecular formula is C25H23N2O+. The second-order valence-corrected chi connectivity index (χ2v) is 7.54. The van der Waals surface area contributed by atoms with Gasteiger partial charge in [0.25, 0.3) is 0 Å². The highest BCUT2D eigenvalue weighted by Crippen LogP contribution is 2.37. The Morgan fingerprint density at radius 3 is 2.86 bits per heavy atom. The number of aryl methyl sites for hydroxylation is 1. The maximum absolute atomic E-state index is 6.25. The van der Waals surface area contributed by atoms with Gasteiger partial charge < -0.3 is 4.74 Å². The van der Waals surface area contributed by atoms with Gasteiger partial charge in [-0.2, -0.15) is 4.57 Å². The molecule has 2 aliphatic heterocycles. The largest absolute Gasteiger partial charge is 0.493 e. The number of hydrogen-bond donors (Lipinski definition) is 0. The lowest BCUT2D eigenvalue weighted by Gasteiger charge is -2.29. The first kappa shape index (κ1) is 16.9. The summed E-state index contributed by atoms with van der Waals surface area (Å²) in [6, 6.07) is 21.1. The van der Waals surface area contributed by atoms with Crippen molar-refractivity contribution in [3.8, 4) is 17.0 Å². The third-order valence-electron chi connectivity index (χ3n) is 5.76. The smallest absolute Gasteiger partial charge is 0.221 e. The topological polar surface area (TPSA) is 25.5 Å². The van der Waals surface area contributed by atoms with Crippen LogP contribution in [0.1, 0.15) is 29.0 Å². The van der Waals surface area contributed by atoms with Gasteiger partial charge >= 0.3 is 0 Å². The molecule has 0 amide bonds. The van der Waals surface area contributed by atoms with Crippen LogP contribution in [0.5, 0.6) is 5.75 Å². The third kappa shape index (κ3) is 2.75. The van der Waals surface area contributed by atoms with Gasteiger partial charge in [0.1, 0.15) is 11.8 Å². The van der Waals surface area contributed by atoms with Gasteiger partial charge in [-0.05, 0) is 49.2 Å². The van der Waals surface area contributed by atoms with E-state index in [1.54, 1.807) is 0 Å². The highest BCUT2D eigenvalue weighted by molar-refractivity contribution is 5.85. The van der Waals surface area contributed by atoms with Crippen LogP contribution in [0.2, 0.25) is 0 Å². The van der Waals surface area contributed by atoms with E-state index in [4.69, 9.17) is 9.73 Å². The fourth-order valence-corrected chi connectivity index (χ4v) is 4.37. The van der Waals surface area contributed by atoms with Crippen LogP contribution in [0.4, 0.5) is 0 Å². The molecule has 0 radical (unpaired) electrons. The van der Waals surface area contributed by atoms with E-state index in [1.165, 1.54) is 16.7 Å². The number of nitrogens with zero attached hydrogens (tertiary/aromatic N) is 2. The SMILES string of the molecule is C=C1C2N=Cc3cc(C)ccc3C2CCOc2ccccc2-c2cccc[n+]21. The molecule has 3 aromatic rings. The zero-order chi connectivity index (χ0) is 19.1. The summed E-state index contributed by atoms with van der Waals surface area (Å²) in [5, 5.41) is 0. The monoisotopic (exact) mass is 367 g/mol. The molecule has 1 aromatic heterocycles. The number of ether oxygens (including phenoxy) is 1. The lowest BCUT2D eigenvalue weighted by molar-refractivity contribution is -0.572. The lowest BCUT2D eigenvalue weighted by atomic mass is 9.82. The van der Waals surface area contributed by atoms with Crippen molar-refractivity contribution in [2.45, 2.75) is 25.3 Å². The van der Waals surface area contributed by atoms with Crippen molar-refractivity contribution in [2.24, 2.45) is 4.99 Å². The number of hydrogen-bond acceptors (Lipinski definition) is 2. The Labute approximate surface area is 165 Å². The molecule has 3 heterocycles. The maximum atomic E-state index is 6.25. The number of rotatable bonds is 0. The van der Waals surface area contributed by atoms with Crippen molar-refractivity contribution in [3.05, 3.63) is 90.1 Å². The van der Waals surface area contributed by atoms with Crippen LogP contribution in [0.25, 0.3) is 17.0 Å². The summed E-state index contributed by atoms with van der Waals surface area (Å²) in [6.07, 6.45) is 4.99. The van der Waals surface area contributed by atoms with E-state index in [-0.39, 0.29) is 12.0 Å². The number of para-hydroxylation sites is 1. The van der Waals surface area contributed by atoms with Crippen LogP contribution in [0.3, 0.4) is 0 Å². The molecule has 0 saturated carbocycles. The van der Waals surface area contributed by atoms with Gasteiger partial charge in [0.05, 0.1) is 12.2 Å². The molecular weight excluding hydrogens is 344 g/mol. The summed E-state index contributed by atoms with van der Waals surface area (Å²) in [6.45, 7) is 7.26. The van der Waals surface area contributed by atoms with Gasteiger partial charge in [-0.1, -0.05) is 35.9 Å². The normalized spacial score (nSPS) is 20.2. The summed E-state index contributed by atoms with van der Waals surface area (Å²) in [7, 11) is 0. The van der Waals surface area contributed by atoms with Crippen molar-refractivity contribution in [1.82, 2.24) is 0 Å². The van der Waals surface area contributed by atoms with Crippen LogP contribution < -0.4 is 9.30 Å². The second kappa shape index (κ2) is 6.75. The first-order valence-electron chi connectivity index (χ1n) is 9.78. The fraction of sp³-hybridized carbons (Fsp3) is 0.200. The molecule has 28 heavy (non-hydrogen) atoms. The predicted octanol–water partition coefficient (Wildman–Crippen LogP) is 4.79. The average molecular weight is 367 g/mol. The Bertz CT molecular complexity index is 1100. The molecule has 0 saturated heterocycles. The molecule has 138 valence electrons. The summed E-state index contributed by atoms with van der Waals surface area (Å²) >= 11 is 0. The minimum atomic E-state index is -0.00443.